The van der Waals surface area contributed by atoms with Crippen LogP contribution in [0.4, 0.5) is 10.2 Å². The fraction of sp³-hybridized carbons (Fsp3) is 0.235. The van der Waals surface area contributed by atoms with Crippen LogP contribution in [0.25, 0.3) is 16.9 Å². The van der Waals surface area contributed by atoms with E-state index >= 15 is 0 Å². The highest BCUT2D eigenvalue weighted by Crippen LogP contribution is 2.29. The molecule has 3 aromatic rings. The number of aromatic nitrogens is 2. The Morgan fingerprint density at radius 1 is 1.05 bits per heavy atom. The van der Waals surface area contributed by atoms with Gasteiger partial charge in [-0.3, -0.25) is 4.40 Å². The predicted molar refractivity (Wildman–Crippen MR) is 83.7 cm³/mol. The van der Waals surface area contributed by atoms with Gasteiger partial charge in [-0.05, 0) is 23.1 Å². The Kier molecular flexibility index (Phi) is 2.97. The summed E-state index contributed by atoms with van der Waals surface area (Å²) >= 11 is 0. The Morgan fingerprint density at radius 2 is 1.71 bits per heavy atom. The van der Waals surface area contributed by atoms with Crippen LogP contribution in [0.2, 0.25) is 0 Å². The Morgan fingerprint density at radius 3 is 2.33 bits per heavy atom. The zero-order valence-corrected chi connectivity index (χ0v) is 12.4. The van der Waals surface area contributed by atoms with Crippen LogP contribution in [0.15, 0.2) is 42.6 Å². The molecule has 0 unspecified atom stereocenters. The number of halogens is 1. The maximum Gasteiger partial charge on any atom is 0.140 e. The van der Waals surface area contributed by atoms with E-state index in [4.69, 9.17) is 5.73 Å². The Hall–Kier alpha value is -2.36. The van der Waals surface area contributed by atoms with E-state index in [0.717, 1.165) is 5.56 Å². The van der Waals surface area contributed by atoms with Crippen molar-refractivity contribution in [1.82, 2.24) is 9.38 Å². The SMILES string of the molecule is CC(C)(C)c1ccc(-c2nc3ccc(F)cn3c2N)cc1. The number of pyridine rings is 1. The second kappa shape index (κ2) is 4.58. The molecule has 0 saturated heterocycles. The van der Waals surface area contributed by atoms with Crippen LogP contribution >= 0.6 is 0 Å². The summed E-state index contributed by atoms with van der Waals surface area (Å²) in [5.41, 5.74) is 9.71. The summed E-state index contributed by atoms with van der Waals surface area (Å²) in [7, 11) is 0. The molecule has 0 amide bonds. The summed E-state index contributed by atoms with van der Waals surface area (Å²) < 4.78 is 14.9. The fourth-order valence-electron chi connectivity index (χ4n) is 2.38. The predicted octanol–water partition coefficient (Wildman–Crippen LogP) is 4.02. The van der Waals surface area contributed by atoms with Crippen molar-refractivity contribution in [2.75, 3.05) is 5.73 Å². The standard InChI is InChI=1S/C17H18FN3/c1-17(2,3)12-6-4-11(5-7-12)15-16(19)21-10-13(18)8-9-14(21)20-15/h4-10H,19H2,1-3H3. The number of nitrogens with zero attached hydrogens (tertiary/aromatic N) is 2. The van der Waals surface area contributed by atoms with Gasteiger partial charge in [0.05, 0.1) is 0 Å². The minimum Gasteiger partial charge on any atom is -0.383 e. The number of hydrogen-bond donors (Lipinski definition) is 1. The van der Waals surface area contributed by atoms with E-state index in [1.54, 1.807) is 10.5 Å². The number of benzene rings is 1. The van der Waals surface area contributed by atoms with Gasteiger partial charge in [-0.2, -0.15) is 0 Å². The summed E-state index contributed by atoms with van der Waals surface area (Å²) in [6.07, 6.45) is 1.35. The first kappa shape index (κ1) is 13.6. The molecule has 0 bridgehead atoms. The average Bonchev–Trinajstić information content (AvgIpc) is 2.75. The van der Waals surface area contributed by atoms with E-state index in [1.807, 2.05) is 12.1 Å². The number of nitrogen functional groups attached to an aromatic ring is 1. The van der Waals surface area contributed by atoms with Crippen LogP contribution in [0.1, 0.15) is 26.3 Å². The minimum absolute atomic E-state index is 0.103. The molecule has 2 aromatic heterocycles. The number of anilines is 1. The number of nitrogens with two attached hydrogens (primary N) is 1. The lowest BCUT2D eigenvalue weighted by molar-refractivity contribution is 0.590. The molecule has 3 nitrogen and oxygen atoms in total. The summed E-state index contributed by atoms with van der Waals surface area (Å²) in [5.74, 6) is 0.120. The molecule has 0 fully saturated rings. The van der Waals surface area contributed by atoms with E-state index in [2.05, 4.69) is 37.9 Å². The van der Waals surface area contributed by atoms with Gasteiger partial charge >= 0.3 is 0 Å². The van der Waals surface area contributed by atoms with Crippen molar-refractivity contribution in [3.8, 4) is 11.3 Å². The van der Waals surface area contributed by atoms with Crippen molar-refractivity contribution in [3.05, 3.63) is 54.0 Å². The van der Waals surface area contributed by atoms with Gasteiger partial charge in [0.2, 0.25) is 0 Å². The second-order valence-corrected chi connectivity index (χ2v) is 6.25. The first-order chi connectivity index (χ1) is 9.86. The lowest BCUT2D eigenvalue weighted by Gasteiger charge is -2.18. The van der Waals surface area contributed by atoms with Crippen molar-refractivity contribution in [2.45, 2.75) is 26.2 Å². The van der Waals surface area contributed by atoms with Crippen molar-refractivity contribution in [2.24, 2.45) is 0 Å². The summed E-state index contributed by atoms with van der Waals surface area (Å²) in [4.78, 5) is 4.49. The van der Waals surface area contributed by atoms with E-state index < -0.39 is 0 Å². The van der Waals surface area contributed by atoms with Gasteiger partial charge in [-0.15, -0.1) is 0 Å². The molecule has 4 heteroatoms. The minimum atomic E-state index is -0.332. The molecule has 0 atom stereocenters. The third-order valence-corrected chi connectivity index (χ3v) is 3.64. The summed E-state index contributed by atoms with van der Waals surface area (Å²) in [6.45, 7) is 6.51. The molecule has 21 heavy (non-hydrogen) atoms. The maximum absolute atomic E-state index is 13.3. The number of rotatable bonds is 1. The molecule has 108 valence electrons. The second-order valence-electron chi connectivity index (χ2n) is 6.25. The van der Waals surface area contributed by atoms with Gasteiger partial charge in [0.1, 0.15) is 23.0 Å². The molecular formula is C17H18FN3. The molecule has 2 N–H and O–H groups in total. The summed E-state index contributed by atoms with van der Waals surface area (Å²) in [6, 6.07) is 11.2. The molecule has 0 spiro atoms. The molecule has 0 aliphatic rings. The van der Waals surface area contributed by atoms with Gasteiger partial charge in [-0.1, -0.05) is 45.0 Å². The van der Waals surface area contributed by atoms with Crippen LogP contribution in [0.3, 0.4) is 0 Å². The maximum atomic E-state index is 13.3. The quantitative estimate of drug-likeness (QED) is 0.733. The fourth-order valence-corrected chi connectivity index (χ4v) is 2.38. The van der Waals surface area contributed by atoms with E-state index in [-0.39, 0.29) is 11.2 Å². The molecule has 3 rings (SSSR count). The van der Waals surface area contributed by atoms with Gasteiger partial charge in [0, 0.05) is 11.8 Å². The van der Waals surface area contributed by atoms with E-state index in [1.165, 1.54) is 17.8 Å². The van der Waals surface area contributed by atoms with Crippen molar-refractivity contribution >= 4 is 11.5 Å². The highest BCUT2D eigenvalue weighted by molar-refractivity contribution is 5.75. The first-order valence-corrected chi connectivity index (χ1v) is 6.90. The molecule has 0 radical (unpaired) electrons. The number of imidazole rings is 1. The highest BCUT2D eigenvalue weighted by atomic mass is 19.1. The zero-order chi connectivity index (χ0) is 15.2. The largest absolute Gasteiger partial charge is 0.383 e. The zero-order valence-electron chi connectivity index (χ0n) is 12.4. The van der Waals surface area contributed by atoms with Gasteiger partial charge in [-0.25, -0.2) is 9.37 Å². The van der Waals surface area contributed by atoms with E-state index in [0.29, 0.717) is 17.2 Å². The van der Waals surface area contributed by atoms with Crippen LogP contribution in [0, 0.1) is 5.82 Å². The van der Waals surface area contributed by atoms with E-state index in [9.17, 15) is 4.39 Å². The van der Waals surface area contributed by atoms with Crippen LogP contribution in [-0.2, 0) is 5.41 Å². The van der Waals surface area contributed by atoms with Crippen LogP contribution in [-0.4, -0.2) is 9.38 Å². The van der Waals surface area contributed by atoms with Crippen LogP contribution in [0.5, 0.6) is 0 Å². The topological polar surface area (TPSA) is 43.3 Å². The molecule has 1 aromatic carbocycles. The molecular weight excluding hydrogens is 265 g/mol. The normalized spacial score (nSPS) is 12.0. The van der Waals surface area contributed by atoms with Crippen molar-refractivity contribution < 1.29 is 4.39 Å². The molecule has 0 aliphatic carbocycles. The average molecular weight is 283 g/mol. The van der Waals surface area contributed by atoms with Gasteiger partial charge in [0.25, 0.3) is 0 Å². The van der Waals surface area contributed by atoms with Crippen molar-refractivity contribution in [3.63, 3.8) is 0 Å². The lowest BCUT2D eigenvalue weighted by atomic mass is 9.86. The molecule has 2 heterocycles. The smallest absolute Gasteiger partial charge is 0.140 e. The number of hydrogen-bond acceptors (Lipinski definition) is 2. The Bertz CT molecular complexity index is 795. The monoisotopic (exact) mass is 283 g/mol. The van der Waals surface area contributed by atoms with Crippen molar-refractivity contribution in [1.29, 1.82) is 0 Å². The Labute approximate surface area is 123 Å². The third-order valence-electron chi connectivity index (χ3n) is 3.64. The molecule has 0 aliphatic heterocycles. The van der Waals surface area contributed by atoms with Gasteiger partial charge in [0.15, 0.2) is 0 Å². The van der Waals surface area contributed by atoms with Crippen LogP contribution < -0.4 is 5.73 Å². The lowest BCUT2D eigenvalue weighted by Crippen LogP contribution is -2.10. The highest BCUT2D eigenvalue weighted by Gasteiger charge is 2.15. The first-order valence-electron chi connectivity index (χ1n) is 6.90. The van der Waals surface area contributed by atoms with Gasteiger partial charge < -0.3 is 5.73 Å². The Balaban J connectivity index is 2.10. The third kappa shape index (κ3) is 2.37. The number of fused-ring (bicyclic) bond motifs is 1. The molecule has 0 saturated carbocycles. The summed E-state index contributed by atoms with van der Waals surface area (Å²) in [5, 5.41) is 0.